The third-order valence-electron chi connectivity index (χ3n) is 3.40. The van der Waals surface area contributed by atoms with Crippen LogP contribution in [0.3, 0.4) is 0 Å². The second-order valence-corrected chi connectivity index (χ2v) is 5.39. The van der Waals surface area contributed by atoms with Crippen molar-refractivity contribution in [3.63, 3.8) is 0 Å². The summed E-state index contributed by atoms with van der Waals surface area (Å²) in [6.07, 6.45) is -4.41. The fraction of sp³-hybridized carbons (Fsp3) is 0.800. The van der Waals surface area contributed by atoms with E-state index in [1.807, 2.05) is 6.08 Å². The summed E-state index contributed by atoms with van der Waals surface area (Å²) >= 11 is 0. The molecule has 0 rings (SSSR count). The Morgan fingerprint density at radius 3 is 1.71 bits per heavy atom. The monoisotopic (exact) mass is 364 g/mol. The number of halogens is 6. The van der Waals surface area contributed by atoms with Gasteiger partial charge in [0.1, 0.15) is 0 Å². The molecule has 1 N–H and O–H groups in total. The lowest BCUT2D eigenvalue weighted by atomic mass is 10.0. The summed E-state index contributed by atoms with van der Waals surface area (Å²) in [6, 6.07) is 0. The van der Waals surface area contributed by atoms with Crippen LogP contribution in [-0.2, 0) is 9.53 Å². The van der Waals surface area contributed by atoms with Gasteiger partial charge in [0.15, 0.2) is 0 Å². The molecule has 0 saturated carbocycles. The van der Waals surface area contributed by atoms with E-state index in [0.717, 1.165) is 38.5 Å². The first-order valence-electron chi connectivity index (χ1n) is 7.62. The van der Waals surface area contributed by atoms with Gasteiger partial charge in [-0.3, -0.25) is 0 Å². The highest BCUT2D eigenvalue weighted by molar-refractivity contribution is 5.81. The van der Waals surface area contributed by atoms with Crippen molar-refractivity contribution in [1.82, 2.24) is 0 Å². The number of carbonyl (C=O) groups is 1. The highest BCUT2D eigenvalue weighted by atomic mass is 19.4. The Balaban J connectivity index is 4.10. The summed E-state index contributed by atoms with van der Waals surface area (Å²) in [5, 5.41) is 8.76. The smallest absolute Gasteiger partial charge is 0.437 e. The van der Waals surface area contributed by atoms with E-state index in [1.54, 1.807) is 0 Å². The van der Waals surface area contributed by atoms with E-state index in [1.165, 1.54) is 0 Å². The lowest BCUT2D eigenvalue weighted by Crippen LogP contribution is -2.63. The zero-order valence-electron chi connectivity index (χ0n) is 13.2. The van der Waals surface area contributed by atoms with Crippen molar-refractivity contribution in [3.8, 4) is 0 Å². The van der Waals surface area contributed by atoms with Gasteiger partial charge in [0.2, 0.25) is 0 Å². The lowest BCUT2D eigenvalue weighted by Gasteiger charge is -2.29. The highest BCUT2D eigenvalue weighted by Gasteiger charge is 2.76. The molecule has 0 heterocycles. The van der Waals surface area contributed by atoms with Crippen LogP contribution in [0, 0.1) is 0 Å². The van der Waals surface area contributed by atoms with Gasteiger partial charge in [-0.05, 0) is 19.3 Å². The molecule has 0 spiro atoms. The minimum Gasteiger partial charge on any atom is -0.463 e. The van der Waals surface area contributed by atoms with Crippen molar-refractivity contribution < 1.29 is 41.0 Å². The topological polar surface area (TPSA) is 46.5 Å². The number of ether oxygens (including phenoxy) is 1. The fourth-order valence-corrected chi connectivity index (χ4v) is 1.94. The van der Waals surface area contributed by atoms with Crippen LogP contribution in [0.2, 0.25) is 0 Å². The molecule has 0 fully saturated rings. The molecule has 24 heavy (non-hydrogen) atoms. The molecule has 0 aliphatic carbocycles. The van der Waals surface area contributed by atoms with Gasteiger partial charge in [0, 0.05) is 0 Å². The first-order chi connectivity index (χ1) is 11.0. The minimum absolute atomic E-state index is 0.129. The molecule has 142 valence electrons. The van der Waals surface area contributed by atoms with E-state index in [0.29, 0.717) is 6.42 Å². The van der Waals surface area contributed by atoms with Gasteiger partial charge in [0.05, 0.1) is 6.61 Å². The van der Waals surface area contributed by atoms with Gasteiger partial charge in [-0.25, -0.2) is 4.79 Å². The molecule has 0 aromatic heterocycles. The largest absolute Gasteiger partial charge is 0.463 e. The van der Waals surface area contributed by atoms with Gasteiger partial charge in [-0.15, -0.1) is 6.58 Å². The molecule has 0 aromatic carbocycles. The number of alkyl halides is 6. The maximum Gasteiger partial charge on any atom is 0.437 e. The molecule has 0 radical (unpaired) electrons. The number of hydrogen-bond donors (Lipinski definition) is 1. The summed E-state index contributed by atoms with van der Waals surface area (Å²) in [5.74, 6) is -2.74. The summed E-state index contributed by atoms with van der Waals surface area (Å²) < 4.78 is 78.2. The summed E-state index contributed by atoms with van der Waals surface area (Å²) in [4.78, 5) is 11.1. The van der Waals surface area contributed by atoms with Gasteiger partial charge in [-0.1, -0.05) is 38.2 Å². The summed E-state index contributed by atoms with van der Waals surface area (Å²) in [5.41, 5.74) is -5.49. The molecule has 3 nitrogen and oxygen atoms in total. The van der Waals surface area contributed by atoms with Gasteiger partial charge < -0.3 is 9.84 Å². The van der Waals surface area contributed by atoms with E-state index in [-0.39, 0.29) is 6.42 Å². The van der Waals surface area contributed by atoms with Crippen molar-refractivity contribution in [2.75, 3.05) is 6.61 Å². The first kappa shape index (κ1) is 22.8. The van der Waals surface area contributed by atoms with Crippen LogP contribution in [0.4, 0.5) is 26.3 Å². The van der Waals surface area contributed by atoms with Crippen LogP contribution in [-0.4, -0.2) is 35.6 Å². The molecule has 0 unspecified atom stereocenters. The average molecular weight is 364 g/mol. The first-order valence-corrected chi connectivity index (χ1v) is 7.62. The molecular formula is C15H22F6O3. The third-order valence-corrected chi connectivity index (χ3v) is 3.40. The number of carbonyl (C=O) groups excluding carboxylic acids is 1. The third kappa shape index (κ3) is 6.70. The quantitative estimate of drug-likeness (QED) is 0.250. The predicted octanol–water partition coefficient (Wildman–Crippen LogP) is 4.69. The SMILES string of the molecule is C=CCCCCCCCCCOC(=O)C(O)(C(F)(F)F)C(F)(F)F. The molecule has 9 heteroatoms. The van der Waals surface area contributed by atoms with E-state index in [4.69, 9.17) is 5.11 Å². The molecule has 0 amide bonds. The number of unbranched alkanes of at least 4 members (excludes halogenated alkanes) is 7. The number of esters is 1. The van der Waals surface area contributed by atoms with Crippen LogP contribution >= 0.6 is 0 Å². The van der Waals surface area contributed by atoms with Crippen LogP contribution in [0.15, 0.2) is 12.7 Å². The van der Waals surface area contributed by atoms with Crippen molar-refractivity contribution in [2.45, 2.75) is 69.3 Å². The van der Waals surface area contributed by atoms with E-state index in [2.05, 4.69) is 11.3 Å². The Bertz CT molecular complexity index is 376. The molecule has 0 aromatic rings. The normalized spacial score (nSPS) is 13.0. The van der Waals surface area contributed by atoms with Gasteiger partial charge in [-0.2, -0.15) is 26.3 Å². The second kappa shape index (κ2) is 9.90. The Morgan fingerprint density at radius 1 is 0.875 bits per heavy atom. The molecule has 0 aliphatic rings. The van der Waals surface area contributed by atoms with Crippen LogP contribution < -0.4 is 0 Å². The van der Waals surface area contributed by atoms with Crippen molar-refractivity contribution in [3.05, 3.63) is 12.7 Å². The van der Waals surface area contributed by atoms with Gasteiger partial charge in [0.25, 0.3) is 0 Å². The second-order valence-electron chi connectivity index (χ2n) is 5.39. The van der Waals surface area contributed by atoms with Crippen molar-refractivity contribution >= 4 is 5.97 Å². The zero-order valence-corrected chi connectivity index (χ0v) is 13.2. The number of allylic oxidation sites excluding steroid dienone is 1. The molecule has 0 bridgehead atoms. The van der Waals surface area contributed by atoms with E-state index < -0.39 is 30.5 Å². The van der Waals surface area contributed by atoms with Crippen LogP contribution in [0.5, 0.6) is 0 Å². The number of rotatable bonds is 11. The Morgan fingerprint density at radius 2 is 1.29 bits per heavy atom. The Kier molecular flexibility index (Phi) is 9.39. The maximum absolute atomic E-state index is 12.4. The van der Waals surface area contributed by atoms with Crippen molar-refractivity contribution in [2.24, 2.45) is 0 Å². The fourth-order valence-electron chi connectivity index (χ4n) is 1.94. The Labute approximate surface area is 136 Å². The molecule has 0 atom stereocenters. The van der Waals surface area contributed by atoms with Crippen LogP contribution in [0.1, 0.15) is 51.4 Å². The zero-order chi connectivity index (χ0) is 18.9. The summed E-state index contributed by atoms with van der Waals surface area (Å²) in [7, 11) is 0. The average Bonchev–Trinajstić information content (AvgIpc) is 2.45. The van der Waals surface area contributed by atoms with E-state index in [9.17, 15) is 31.1 Å². The minimum atomic E-state index is -6.20. The highest BCUT2D eigenvalue weighted by Crippen LogP contribution is 2.43. The molecule has 0 aliphatic heterocycles. The number of aliphatic hydroxyl groups is 1. The van der Waals surface area contributed by atoms with Crippen molar-refractivity contribution in [1.29, 1.82) is 0 Å². The Hall–Kier alpha value is -1.25. The maximum atomic E-state index is 12.4. The van der Waals surface area contributed by atoms with Crippen LogP contribution in [0.25, 0.3) is 0 Å². The predicted molar refractivity (Wildman–Crippen MR) is 75.2 cm³/mol. The number of hydrogen-bond acceptors (Lipinski definition) is 3. The molecular weight excluding hydrogens is 342 g/mol. The van der Waals surface area contributed by atoms with E-state index >= 15 is 0 Å². The molecule has 0 saturated heterocycles. The summed E-state index contributed by atoms with van der Waals surface area (Å²) in [6.45, 7) is 2.98. The van der Waals surface area contributed by atoms with Gasteiger partial charge >= 0.3 is 23.9 Å². The lowest BCUT2D eigenvalue weighted by molar-refractivity contribution is -0.356. The standard InChI is InChI=1S/C15H22F6O3/c1-2-3-4-5-6-7-8-9-10-11-24-12(22)13(23,14(16,17)18)15(19,20)21/h2,23H,1,3-11H2.